The molecule has 67 heavy (non-hydrogen) atoms. The van der Waals surface area contributed by atoms with Gasteiger partial charge in [-0.05, 0) is 166 Å². The zero-order chi connectivity index (χ0) is 44.3. The van der Waals surface area contributed by atoms with Crippen LogP contribution in [0.4, 0.5) is 17.1 Å². The first-order chi connectivity index (χ1) is 33.2. The van der Waals surface area contributed by atoms with Gasteiger partial charge < -0.3 is 9.47 Å². The minimum absolute atomic E-state index is 0.0481. The maximum absolute atomic E-state index is 2.68. The highest BCUT2D eigenvalue weighted by Gasteiger charge is 2.56. The van der Waals surface area contributed by atoms with E-state index in [0.29, 0.717) is 11.8 Å². The predicted octanol–water partition coefficient (Wildman–Crippen LogP) is 17.7. The standard InChI is InChI=1S/C65H58N2/c1-2-45-39-43-17-15-18-46(40-43)65(45)58-26-11-8-22-53(58)55-36-34-50(42-60(55)65)66(49-33-35-54-52-21-7-10-25-57(52)64(59(54)41-49)37-13-4-14-38-64)48-31-29-44(30-32-48)51-24-16-28-62-63(51)56-23-9-12-27-61(56)67(62)47-19-5-3-6-20-47/h3,5-12,16,19-36,41-43,45-46H,2,4,13-15,17-18,37-40H2,1H3. The highest BCUT2D eigenvalue weighted by molar-refractivity contribution is 6.15. The lowest BCUT2D eigenvalue weighted by atomic mass is 9.50. The molecule has 5 aliphatic rings. The van der Waals surface area contributed by atoms with Crippen molar-refractivity contribution in [1.82, 2.24) is 4.57 Å². The second-order valence-electron chi connectivity index (χ2n) is 20.9. The van der Waals surface area contributed by atoms with Gasteiger partial charge in [0.05, 0.1) is 11.0 Å². The van der Waals surface area contributed by atoms with E-state index in [0.717, 1.165) is 5.92 Å². The van der Waals surface area contributed by atoms with Crippen LogP contribution in [-0.2, 0) is 10.8 Å². The van der Waals surface area contributed by atoms with Gasteiger partial charge in [-0.1, -0.05) is 167 Å². The number of benzene rings is 8. The lowest BCUT2D eigenvalue weighted by molar-refractivity contribution is 0.0557. The summed E-state index contributed by atoms with van der Waals surface area (Å²) >= 11 is 0. The first-order valence-electron chi connectivity index (χ1n) is 25.6. The Bertz CT molecular complexity index is 3380. The molecule has 4 atom stereocenters. The predicted molar refractivity (Wildman–Crippen MR) is 280 cm³/mol. The Kier molecular flexibility index (Phi) is 8.96. The van der Waals surface area contributed by atoms with Gasteiger partial charge in [0, 0.05) is 44.4 Å². The summed E-state index contributed by atoms with van der Waals surface area (Å²) in [6, 6.07) is 70.2. The molecule has 3 saturated carbocycles. The van der Waals surface area contributed by atoms with Gasteiger partial charge in [-0.2, -0.15) is 0 Å². The van der Waals surface area contributed by atoms with E-state index in [2.05, 4.69) is 198 Å². The minimum Gasteiger partial charge on any atom is -0.310 e. The zero-order valence-electron chi connectivity index (χ0n) is 38.7. The molecule has 1 heterocycles. The monoisotopic (exact) mass is 866 g/mol. The van der Waals surface area contributed by atoms with E-state index < -0.39 is 0 Å². The van der Waals surface area contributed by atoms with Gasteiger partial charge in [0.15, 0.2) is 0 Å². The molecule has 8 aromatic carbocycles. The second kappa shape index (κ2) is 15.2. The van der Waals surface area contributed by atoms with Crippen LogP contribution in [0, 0.1) is 17.8 Å². The number of para-hydroxylation sites is 2. The first kappa shape index (κ1) is 39.5. The molecule has 0 saturated heterocycles. The third kappa shape index (κ3) is 5.62. The topological polar surface area (TPSA) is 8.17 Å². The Morgan fingerprint density at radius 2 is 1.12 bits per heavy atom. The molecule has 328 valence electrons. The molecule has 5 aliphatic carbocycles. The van der Waals surface area contributed by atoms with Crippen molar-refractivity contribution in [3.8, 4) is 39.1 Å². The van der Waals surface area contributed by atoms with Crippen molar-refractivity contribution in [3.63, 3.8) is 0 Å². The zero-order valence-corrected chi connectivity index (χ0v) is 38.7. The van der Waals surface area contributed by atoms with Crippen molar-refractivity contribution in [2.45, 2.75) is 88.4 Å². The van der Waals surface area contributed by atoms with E-state index in [9.17, 15) is 0 Å². The quantitative estimate of drug-likeness (QED) is 0.162. The summed E-state index contributed by atoms with van der Waals surface area (Å²) in [6.07, 6.45) is 14.4. The smallest absolute Gasteiger partial charge is 0.0547 e. The molecule has 0 N–H and O–H groups in total. The largest absolute Gasteiger partial charge is 0.310 e. The molecule has 1 aromatic heterocycles. The third-order valence-corrected chi connectivity index (χ3v) is 17.9. The number of anilines is 3. The molecule has 2 heteroatoms. The van der Waals surface area contributed by atoms with E-state index in [-0.39, 0.29) is 10.8 Å². The molecule has 3 fully saturated rings. The fraction of sp³-hybridized carbons (Fsp3) is 0.262. The van der Waals surface area contributed by atoms with E-state index in [1.165, 1.54) is 154 Å². The maximum Gasteiger partial charge on any atom is 0.0547 e. The summed E-state index contributed by atoms with van der Waals surface area (Å²) in [7, 11) is 0. The SMILES string of the molecule is CCC1CC2CCCC(C2)C12c1ccccc1-c1ccc(N(c3ccc(-c4cccc5c4c4ccccc4n5-c4ccccc4)cc3)c3ccc4c(c3)C3(CCCCC3)c3ccccc3-4)cc12. The number of hydrogen-bond acceptors (Lipinski definition) is 1. The summed E-state index contributed by atoms with van der Waals surface area (Å²) < 4.78 is 2.43. The summed E-state index contributed by atoms with van der Waals surface area (Å²) in [6.45, 7) is 2.48. The number of nitrogens with zero attached hydrogens (tertiary/aromatic N) is 2. The van der Waals surface area contributed by atoms with Crippen molar-refractivity contribution in [2.75, 3.05) is 4.90 Å². The van der Waals surface area contributed by atoms with Crippen molar-refractivity contribution < 1.29 is 0 Å². The average molecular weight is 867 g/mol. The second-order valence-corrected chi connectivity index (χ2v) is 20.9. The lowest BCUT2D eigenvalue weighted by Crippen LogP contribution is -2.48. The van der Waals surface area contributed by atoms with Crippen molar-refractivity contribution >= 4 is 38.9 Å². The van der Waals surface area contributed by atoms with Crippen LogP contribution in [-0.4, -0.2) is 4.57 Å². The Morgan fingerprint density at radius 1 is 0.493 bits per heavy atom. The van der Waals surface area contributed by atoms with Crippen LogP contribution < -0.4 is 4.90 Å². The van der Waals surface area contributed by atoms with Gasteiger partial charge in [-0.3, -0.25) is 0 Å². The van der Waals surface area contributed by atoms with Crippen LogP contribution in [0.2, 0.25) is 0 Å². The van der Waals surface area contributed by atoms with Crippen molar-refractivity contribution in [1.29, 1.82) is 0 Å². The average Bonchev–Trinajstić information content (AvgIpc) is 3.98. The molecule has 0 radical (unpaired) electrons. The number of aromatic nitrogens is 1. The molecule has 2 spiro atoms. The van der Waals surface area contributed by atoms with Crippen LogP contribution in [0.1, 0.15) is 99.8 Å². The van der Waals surface area contributed by atoms with Crippen LogP contribution in [0.3, 0.4) is 0 Å². The summed E-state index contributed by atoms with van der Waals surface area (Å²) in [4.78, 5) is 2.62. The van der Waals surface area contributed by atoms with Crippen molar-refractivity contribution in [2.24, 2.45) is 17.8 Å². The van der Waals surface area contributed by atoms with Crippen LogP contribution in [0.25, 0.3) is 60.9 Å². The molecule has 14 rings (SSSR count). The Morgan fingerprint density at radius 3 is 1.91 bits per heavy atom. The summed E-state index contributed by atoms with van der Waals surface area (Å²) in [5, 5.41) is 2.58. The van der Waals surface area contributed by atoms with Gasteiger partial charge >= 0.3 is 0 Å². The Hall–Kier alpha value is -6.64. The highest BCUT2D eigenvalue weighted by Crippen LogP contribution is 2.65. The molecule has 0 aliphatic heterocycles. The van der Waals surface area contributed by atoms with Crippen LogP contribution in [0.5, 0.6) is 0 Å². The fourth-order valence-electron chi connectivity index (χ4n) is 15.3. The van der Waals surface area contributed by atoms with Gasteiger partial charge in [0.1, 0.15) is 0 Å². The van der Waals surface area contributed by atoms with E-state index >= 15 is 0 Å². The molecular weight excluding hydrogens is 809 g/mol. The molecule has 4 unspecified atom stereocenters. The molecule has 2 bridgehead atoms. The first-order valence-corrected chi connectivity index (χ1v) is 25.6. The third-order valence-electron chi connectivity index (χ3n) is 17.9. The van der Waals surface area contributed by atoms with Gasteiger partial charge in [-0.25, -0.2) is 0 Å². The molecule has 9 aromatic rings. The van der Waals surface area contributed by atoms with E-state index in [4.69, 9.17) is 0 Å². The Labute approximate surface area is 395 Å². The maximum atomic E-state index is 2.68. The van der Waals surface area contributed by atoms with Crippen LogP contribution in [0.15, 0.2) is 182 Å². The number of fused-ring (bicyclic) bond motifs is 16. The van der Waals surface area contributed by atoms with Crippen molar-refractivity contribution in [3.05, 3.63) is 204 Å². The number of hydrogen-bond donors (Lipinski definition) is 0. The molecular formula is C65H58N2. The van der Waals surface area contributed by atoms with Gasteiger partial charge in [-0.15, -0.1) is 0 Å². The molecule has 2 nitrogen and oxygen atoms in total. The minimum atomic E-state index is 0.0481. The normalized spacial score (nSPS) is 21.9. The summed E-state index contributed by atoms with van der Waals surface area (Å²) in [5.74, 6) is 2.18. The molecule has 0 amide bonds. The van der Waals surface area contributed by atoms with E-state index in [1.807, 2.05) is 0 Å². The van der Waals surface area contributed by atoms with Gasteiger partial charge in [0.2, 0.25) is 0 Å². The highest BCUT2D eigenvalue weighted by atomic mass is 15.1. The fourth-order valence-corrected chi connectivity index (χ4v) is 15.3. The van der Waals surface area contributed by atoms with Gasteiger partial charge in [0.25, 0.3) is 0 Å². The lowest BCUT2D eigenvalue weighted by Gasteiger charge is -2.54. The number of rotatable bonds is 6. The van der Waals surface area contributed by atoms with Crippen LogP contribution >= 0.6 is 0 Å². The van der Waals surface area contributed by atoms with E-state index in [1.54, 1.807) is 16.7 Å². The summed E-state index contributed by atoms with van der Waals surface area (Å²) in [5.41, 5.74) is 22.1. The Balaban J connectivity index is 0.961.